The van der Waals surface area contributed by atoms with E-state index in [9.17, 15) is 18.0 Å². The highest BCUT2D eigenvalue weighted by Crippen LogP contribution is 2.32. The fraction of sp³-hybridized carbons (Fsp3) is 0.217. The molecule has 0 saturated carbocycles. The quantitative estimate of drug-likeness (QED) is 0.414. The molecule has 0 unspecified atom stereocenters. The van der Waals surface area contributed by atoms with Crippen LogP contribution in [-0.4, -0.2) is 37.6 Å². The summed E-state index contributed by atoms with van der Waals surface area (Å²) in [7, 11) is 0. The number of H-pyrrole nitrogens is 1. The van der Waals surface area contributed by atoms with Crippen LogP contribution in [0.2, 0.25) is 0 Å². The number of aromatic amines is 1. The van der Waals surface area contributed by atoms with Crippen molar-refractivity contribution in [3.05, 3.63) is 60.4 Å². The molecule has 4 aromatic rings. The predicted octanol–water partition coefficient (Wildman–Crippen LogP) is 5.20. The van der Waals surface area contributed by atoms with Crippen molar-refractivity contribution in [2.75, 3.05) is 6.61 Å². The summed E-state index contributed by atoms with van der Waals surface area (Å²) in [6.07, 6.45) is -1.30. The molecule has 3 heterocycles. The summed E-state index contributed by atoms with van der Waals surface area (Å²) in [4.78, 5) is 27.0. The van der Waals surface area contributed by atoms with Gasteiger partial charge in [-0.1, -0.05) is 0 Å². The summed E-state index contributed by atoms with van der Waals surface area (Å²) in [5.41, 5.74) is 0.882. The molecule has 0 fully saturated rings. The molecule has 4 rings (SSSR count). The molecule has 0 atom stereocenters. The van der Waals surface area contributed by atoms with Gasteiger partial charge in [0.05, 0.1) is 27.7 Å². The molecule has 33 heavy (non-hydrogen) atoms. The molecule has 0 aliphatic heterocycles. The molecule has 0 aliphatic rings. The number of ether oxygens (including phenoxy) is 1. The maximum Gasteiger partial charge on any atom is 0.416 e. The second-order valence-electron chi connectivity index (χ2n) is 8.11. The first-order valence-corrected chi connectivity index (χ1v) is 9.89. The first kappa shape index (κ1) is 22.3. The minimum absolute atomic E-state index is 0.0242. The number of hydrogen-bond acceptors (Lipinski definition) is 5. The highest BCUT2D eigenvalue weighted by Gasteiger charge is 2.31. The van der Waals surface area contributed by atoms with Crippen LogP contribution >= 0.6 is 0 Å². The molecule has 2 N–H and O–H groups in total. The van der Waals surface area contributed by atoms with E-state index in [1.807, 2.05) is 0 Å². The van der Waals surface area contributed by atoms with Crippen LogP contribution in [0, 0.1) is 5.41 Å². The van der Waals surface area contributed by atoms with Crippen LogP contribution in [0.15, 0.2) is 54.9 Å². The molecule has 3 aromatic heterocycles. The first-order chi connectivity index (χ1) is 15.5. The number of aliphatic carboxylic acids is 1. The summed E-state index contributed by atoms with van der Waals surface area (Å²) in [5.74, 6) is -0.259. The molecular weight excluding hydrogens is 437 g/mol. The number of fused-ring (bicyclic) bond motifs is 1. The zero-order chi connectivity index (χ0) is 23.8. The lowest BCUT2D eigenvalue weighted by molar-refractivity contribution is -0.148. The summed E-state index contributed by atoms with van der Waals surface area (Å²) in [6, 6.07) is 10.2. The molecule has 0 saturated heterocycles. The maximum absolute atomic E-state index is 12.9. The Balaban J connectivity index is 1.50. The third-order valence-electron chi connectivity index (χ3n) is 5.04. The van der Waals surface area contributed by atoms with Crippen molar-refractivity contribution in [1.82, 2.24) is 19.9 Å². The van der Waals surface area contributed by atoms with E-state index in [1.54, 1.807) is 50.5 Å². The number of carbonyl (C=O) groups is 1. The lowest BCUT2D eigenvalue weighted by atomic mass is 9.95. The number of carboxylic acid groups (broad SMARTS) is 1. The average molecular weight is 456 g/mol. The Labute approximate surface area is 186 Å². The van der Waals surface area contributed by atoms with Crippen LogP contribution in [-0.2, 0) is 11.0 Å². The van der Waals surface area contributed by atoms with Gasteiger partial charge >= 0.3 is 12.1 Å². The van der Waals surface area contributed by atoms with E-state index >= 15 is 0 Å². The smallest absolute Gasteiger partial charge is 0.416 e. The highest BCUT2D eigenvalue weighted by atomic mass is 19.4. The first-order valence-electron chi connectivity index (χ1n) is 9.89. The average Bonchev–Trinajstić information content (AvgIpc) is 3.21. The second-order valence-corrected chi connectivity index (χ2v) is 8.11. The lowest BCUT2D eigenvalue weighted by Crippen LogP contribution is -2.30. The monoisotopic (exact) mass is 456 g/mol. The van der Waals surface area contributed by atoms with E-state index in [4.69, 9.17) is 9.84 Å². The molecule has 10 heteroatoms. The number of halogens is 3. The number of carboxylic acids is 1. The third kappa shape index (κ3) is 4.79. The van der Waals surface area contributed by atoms with E-state index in [0.717, 1.165) is 12.1 Å². The minimum atomic E-state index is -4.43. The number of pyridine rings is 2. The molecular formula is C23H19F3N4O3. The van der Waals surface area contributed by atoms with Gasteiger partial charge in [0.2, 0.25) is 5.88 Å². The van der Waals surface area contributed by atoms with Crippen LogP contribution in [0.25, 0.3) is 33.7 Å². The number of benzene rings is 1. The Morgan fingerprint density at radius 3 is 2.36 bits per heavy atom. The van der Waals surface area contributed by atoms with Crippen LogP contribution in [0.1, 0.15) is 19.4 Å². The van der Waals surface area contributed by atoms with Crippen molar-refractivity contribution in [1.29, 1.82) is 0 Å². The van der Waals surface area contributed by atoms with E-state index in [0.29, 0.717) is 34.0 Å². The number of aromatic nitrogens is 4. The zero-order valence-corrected chi connectivity index (χ0v) is 17.6. The van der Waals surface area contributed by atoms with E-state index in [-0.39, 0.29) is 12.1 Å². The van der Waals surface area contributed by atoms with Gasteiger partial charge < -0.3 is 14.8 Å². The zero-order valence-electron chi connectivity index (χ0n) is 17.6. The fourth-order valence-electron chi connectivity index (χ4n) is 2.96. The SMILES string of the molecule is CC(C)(COc1ccc(-c2ccc(-c3nc4ccc(C(F)(F)F)cc4[nH]3)cn2)cn1)C(=O)O. The van der Waals surface area contributed by atoms with E-state index in [1.165, 1.54) is 6.07 Å². The summed E-state index contributed by atoms with van der Waals surface area (Å²) in [6.45, 7) is 3.10. The van der Waals surface area contributed by atoms with Gasteiger partial charge in [0.15, 0.2) is 0 Å². The van der Waals surface area contributed by atoms with Gasteiger partial charge in [-0.25, -0.2) is 9.97 Å². The normalized spacial score (nSPS) is 12.2. The van der Waals surface area contributed by atoms with E-state index < -0.39 is 23.1 Å². The van der Waals surface area contributed by atoms with Crippen LogP contribution < -0.4 is 4.74 Å². The minimum Gasteiger partial charge on any atom is -0.481 e. The third-order valence-corrected chi connectivity index (χ3v) is 5.04. The van der Waals surface area contributed by atoms with Crippen LogP contribution in [0.4, 0.5) is 13.2 Å². The second kappa shape index (κ2) is 8.19. The van der Waals surface area contributed by atoms with Gasteiger partial charge in [-0.3, -0.25) is 9.78 Å². The summed E-state index contributed by atoms with van der Waals surface area (Å²) >= 11 is 0. The molecule has 7 nitrogen and oxygen atoms in total. The number of nitrogens with zero attached hydrogens (tertiary/aromatic N) is 3. The predicted molar refractivity (Wildman–Crippen MR) is 114 cm³/mol. The topological polar surface area (TPSA) is 101 Å². The Kier molecular flexibility index (Phi) is 5.52. The number of imidazole rings is 1. The van der Waals surface area contributed by atoms with Crippen molar-refractivity contribution < 1.29 is 27.8 Å². The van der Waals surface area contributed by atoms with Gasteiger partial charge in [0.1, 0.15) is 12.4 Å². The number of nitrogens with one attached hydrogen (secondary N) is 1. The maximum atomic E-state index is 12.9. The largest absolute Gasteiger partial charge is 0.481 e. The van der Waals surface area contributed by atoms with Gasteiger partial charge in [-0.2, -0.15) is 13.2 Å². The van der Waals surface area contributed by atoms with Crippen molar-refractivity contribution in [2.24, 2.45) is 5.41 Å². The van der Waals surface area contributed by atoms with Gasteiger partial charge in [-0.05, 0) is 50.2 Å². The number of alkyl halides is 3. The van der Waals surface area contributed by atoms with Crippen LogP contribution in [0.3, 0.4) is 0 Å². The Morgan fingerprint density at radius 2 is 1.76 bits per heavy atom. The van der Waals surface area contributed by atoms with Gasteiger partial charge in [0.25, 0.3) is 0 Å². The number of hydrogen-bond donors (Lipinski definition) is 2. The van der Waals surface area contributed by atoms with Crippen LogP contribution in [0.5, 0.6) is 5.88 Å². The summed E-state index contributed by atoms with van der Waals surface area (Å²) in [5, 5.41) is 9.14. The van der Waals surface area contributed by atoms with Crippen molar-refractivity contribution in [2.45, 2.75) is 20.0 Å². The molecule has 0 amide bonds. The Hall–Kier alpha value is -3.95. The van der Waals surface area contributed by atoms with Crippen molar-refractivity contribution in [3.63, 3.8) is 0 Å². The van der Waals surface area contributed by atoms with Crippen molar-refractivity contribution >= 4 is 17.0 Å². The Morgan fingerprint density at radius 1 is 1.03 bits per heavy atom. The Bertz CT molecular complexity index is 1300. The highest BCUT2D eigenvalue weighted by molar-refractivity contribution is 5.80. The standard InChI is InChI=1S/C23H19F3N4O3/c1-22(2,21(31)32)12-33-19-8-4-13(10-28-19)16-6-3-14(11-27-16)20-29-17-7-5-15(23(24,25)26)9-18(17)30-20/h3-11H,12H2,1-2H3,(H,29,30)(H,31,32). The molecule has 1 aromatic carbocycles. The van der Waals surface area contributed by atoms with Crippen molar-refractivity contribution in [3.8, 4) is 28.5 Å². The fourth-order valence-corrected chi connectivity index (χ4v) is 2.96. The molecule has 0 radical (unpaired) electrons. The van der Waals surface area contributed by atoms with Gasteiger partial charge in [0, 0.05) is 29.6 Å². The molecule has 170 valence electrons. The molecule has 0 bridgehead atoms. The number of rotatable bonds is 6. The summed E-state index contributed by atoms with van der Waals surface area (Å²) < 4.78 is 44.2. The lowest BCUT2D eigenvalue weighted by Gasteiger charge is -2.18. The molecule has 0 aliphatic carbocycles. The van der Waals surface area contributed by atoms with Gasteiger partial charge in [-0.15, -0.1) is 0 Å². The van der Waals surface area contributed by atoms with E-state index in [2.05, 4.69) is 19.9 Å². The molecule has 0 spiro atoms.